The second-order valence-electron chi connectivity index (χ2n) is 7.83. The molecule has 1 heterocycles. The minimum Gasteiger partial charge on any atom is -0.495 e. The number of imide groups is 1. The number of hydrogen-bond donors (Lipinski definition) is 1. The molecule has 1 aliphatic rings. The summed E-state index contributed by atoms with van der Waals surface area (Å²) in [6.45, 7) is 1.49. The van der Waals surface area contributed by atoms with E-state index in [9.17, 15) is 19.2 Å². The van der Waals surface area contributed by atoms with Gasteiger partial charge in [-0.2, -0.15) is 0 Å². The van der Waals surface area contributed by atoms with Gasteiger partial charge < -0.3 is 19.5 Å². The number of esters is 1. The topological polar surface area (TPSA) is 111 Å². The van der Waals surface area contributed by atoms with E-state index in [0.717, 1.165) is 4.90 Å². The summed E-state index contributed by atoms with van der Waals surface area (Å²) in [5, 5.41) is 2.63. The molecule has 0 saturated heterocycles. The molecule has 0 unspecified atom stereocenters. The molecule has 1 N–H and O–H groups in total. The molecule has 0 atom stereocenters. The summed E-state index contributed by atoms with van der Waals surface area (Å²) in [5.74, 6) is -1.40. The van der Waals surface area contributed by atoms with Gasteiger partial charge in [-0.3, -0.25) is 19.3 Å². The van der Waals surface area contributed by atoms with Crippen LogP contribution in [0.5, 0.6) is 11.5 Å². The molecule has 3 aromatic rings. The van der Waals surface area contributed by atoms with Crippen molar-refractivity contribution >= 4 is 29.4 Å². The quantitative estimate of drug-likeness (QED) is 0.361. The molecule has 36 heavy (non-hydrogen) atoms. The molecular weight excluding hydrogens is 464 g/mol. The van der Waals surface area contributed by atoms with E-state index in [1.165, 1.54) is 13.2 Å². The normalized spacial score (nSPS) is 12.2. The van der Waals surface area contributed by atoms with Crippen LogP contribution in [0.4, 0.5) is 5.69 Å². The lowest BCUT2D eigenvalue weighted by Gasteiger charge is -2.16. The van der Waals surface area contributed by atoms with Crippen LogP contribution in [0.25, 0.3) is 0 Å². The average Bonchev–Trinajstić information content (AvgIpc) is 3.13. The summed E-state index contributed by atoms with van der Waals surface area (Å²) in [6, 6.07) is 18.2. The Morgan fingerprint density at radius 2 is 1.56 bits per heavy atom. The first-order valence-electron chi connectivity index (χ1n) is 11.2. The number of para-hydroxylation sites is 2. The second-order valence-corrected chi connectivity index (χ2v) is 7.83. The lowest BCUT2D eigenvalue weighted by atomic mass is 10.1. The molecular formula is C27H24N2O7. The first-order valence-corrected chi connectivity index (χ1v) is 11.2. The molecule has 3 aromatic carbocycles. The third-order valence-corrected chi connectivity index (χ3v) is 5.50. The third kappa shape index (κ3) is 5.05. The lowest BCUT2D eigenvalue weighted by molar-refractivity contribution is -0.119. The first-order chi connectivity index (χ1) is 17.4. The van der Waals surface area contributed by atoms with Crippen molar-refractivity contribution in [3.8, 4) is 11.5 Å². The van der Waals surface area contributed by atoms with E-state index >= 15 is 0 Å². The number of ether oxygens (including phenoxy) is 3. The van der Waals surface area contributed by atoms with Crippen molar-refractivity contribution in [1.29, 1.82) is 0 Å². The highest BCUT2D eigenvalue weighted by Gasteiger charge is 2.35. The van der Waals surface area contributed by atoms with Crippen LogP contribution in [0.3, 0.4) is 0 Å². The fraction of sp³-hybridized carbons (Fsp3) is 0.185. The van der Waals surface area contributed by atoms with Crippen molar-refractivity contribution in [2.24, 2.45) is 0 Å². The van der Waals surface area contributed by atoms with Crippen LogP contribution in [-0.2, 0) is 16.1 Å². The molecule has 0 saturated carbocycles. The number of fused-ring (bicyclic) bond motifs is 1. The number of rotatable bonds is 9. The van der Waals surface area contributed by atoms with Crippen molar-refractivity contribution in [2.45, 2.75) is 13.5 Å². The van der Waals surface area contributed by atoms with E-state index in [2.05, 4.69) is 5.32 Å². The number of anilines is 1. The van der Waals surface area contributed by atoms with E-state index in [1.54, 1.807) is 67.6 Å². The maximum absolute atomic E-state index is 12.9. The molecule has 184 valence electrons. The Hall–Kier alpha value is -4.66. The monoisotopic (exact) mass is 488 g/mol. The Morgan fingerprint density at radius 3 is 2.22 bits per heavy atom. The van der Waals surface area contributed by atoms with Gasteiger partial charge in [0.05, 0.1) is 37.1 Å². The molecule has 0 aliphatic carbocycles. The highest BCUT2D eigenvalue weighted by molar-refractivity contribution is 6.21. The van der Waals surface area contributed by atoms with Gasteiger partial charge in [0, 0.05) is 0 Å². The SMILES string of the molecule is CCOc1ccc(CN2C(=O)c3ccccc3C2=O)cc1C(=O)OCC(=O)Nc1ccccc1OC. The van der Waals surface area contributed by atoms with Crippen molar-refractivity contribution in [3.05, 3.63) is 89.0 Å². The van der Waals surface area contributed by atoms with Crippen LogP contribution < -0.4 is 14.8 Å². The Bertz CT molecular complexity index is 1300. The number of nitrogens with one attached hydrogen (secondary N) is 1. The second kappa shape index (κ2) is 10.7. The van der Waals surface area contributed by atoms with Gasteiger partial charge in [0.1, 0.15) is 17.1 Å². The van der Waals surface area contributed by atoms with Gasteiger partial charge in [-0.05, 0) is 48.9 Å². The van der Waals surface area contributed by atoms with Gasteiger partial charge in [-0.15, -0.1) is 0 Å². The summed E-state index contributed by atoms with van der Waals surface area (Å²) >= 11 is 0. The maximum atomic E-state index is 12.9. The molecule has 0 bridgehead atoms. The fourth-order valence-electron chi connectivity index (χ4n) is 3.82. The van der Waals surface area contributed by atoms with Crippen LogP contribution in [0.2, 0.25) is 0 Å². The van der Waals surface area contributed by atoms with Crippen LogP contribution >= 0.6 is 0 Å². The Balaban J connectivity index is 1.47. The maximum Gasteiger partial charge on any atom is 0.342 e. The zero-order chi connectivity index (χ0) is 25.7. The number of carbonyl (C=O) groups excluding carboxylic acids is 4. The summed E-state index contributed by atoms with van der Waals surface area (Å²) in [4.78, 5) is 51.7. The predicted molar refractivity (Wildman–Crippen MR) is 130 cm³/mol. The molecule has 9 heteroatoms. The molecule has 1 aliphatic heterocycles. The van der Waals surface area contributed by atoms with E-state index in [-0.39, 0.29) is 17.9 Å². The average molecular weight is 488 g/mol. The summed E-state index contributed by atoms with van der Waals surface area (Å²) in [7, 11) is 1.48. The zero-order valence-corrected chi connectivity index (χ0v) is 19.8. The molecule has 4 rings (SSSR count). The van der Waals surface area contributed by atoms with Crippen molar-refractivity contribution < 1.29 is 33.4 Å². The standard InChI is InChI=1S/C27H24N2O7/c1-3-35-22-13-12-17(15-29-25(31)18-8-4-5-9-19(18)26(29)32)14-20(22)27(33)36-16-24(30)28-21-10-6-7-11-23(21)34-2/h4-14H,3,15-16H2,1-2H3,(H,28,30). The molecule has 0 fully saturated rings. The Kier molecular flexibility index (Phi) is 7.29. The Labute approximate surface area is 207 Å². The molecule has 3 amide bonds. The highest BCUT2D eigenvalue weighted by Crippen LogP contribution is 2.27. The lowest BCUT2D eigenvalue weighted by Crippen LogP contribution is -2.29. The first kappa shape index (κ1) is 24.5. The van der Waals surface area contributed by atoms with Crippen molar-refractivity contribution in [1.82, 2.24) is 4.90 Å². The highest BCUT2D eigenvalue weighted by atomic mass is 16.5. The van der Waals surface area contributed by atoms with Crippen LogP contribution in [0, 0.1) is 0 Å². The molecule has 0 radical (unpaired) electrons. The van der Waals surface area contributed by atoms with Gasteiger partial charge in [-0.1, -0.05) is 30.3 Å². The number of hydrogen-bond acceptors (Lipinski definition) is 7. The third-order valence-electron chi connectivity index (χ3n) is 5.50. The number of amides is 3. The van der Waals surface area contributed by atoms with Crippen molar-refractivity contribution in [2.75, 3.05) is 25.6 Å². The smallest absolute Gasteiger partial charge is 0.342 e. The van der Waals surface area contributed by atoms with E-state index in [1.807, 2.05) is 0 Å². The van der Waals surface area contributed by atoms with Gasteiger partial charge in [0.2, 0.25) is 0 Å². The molecule has 9 nitrogen and oxygen atoms in total. The minimum absolute atomic E-state index is 0.0344. The molecule has 0 aromatic heterocycles. The van der Waals surface area contributed by atoms with Crippen LogP contribution in [-0.4, -0.2) is 48.9 Å². The van der Waals surface area contributed by atoms with Gasteiger partial charge >= 0.3 is 5.97 Å². The molecule has 0 spiro atoms. The van der Waals surface area contributed by atoms with Crippen molar-refractivity contribution in [3.63, 3.8) is 0 Å². The van der Waals surface area contributed by atoms with Gasteiger partial charge in [0.25, 0.3) is 17.7 Å². The summed E-state index contributed by atoms with van der Waals surface area (Å²) < 4.78 is 16.0. The number of nitrogens with zero attached hydrogens (tertiary/aromatic N) is 1. The minimum atomic E-state index is -0.780. The van der Waals surface area contributed by atoms with E-state index in [4.69, 9.17) is 14.2 Å². The van der Waals surface area contributed by atoms with E-state index < -0.39 is 30.3 Å². The van der Waals surface area contributed by atoms with Crippen LogP contribution in [0.15, 0.2) is 66.7 Å². The summed E-state index contributed by atoms with van der Waals surface area (Å²) in [5.41, 5.74) is 1.73. The van der Waals surface area contributed by atoms with Gasteiger partial charge in [0.15, 0.2) is 6.61 Å². The van der Waals surface area contributed by atoms with Crippen LogP contribution in [0.1, 0.15) is 43.6 Å². The van der Waals surface area contributed by atoms with E-state index in [0.29, 0.717) is 34.7 Å². The van der Waals surface area contributed by atoms with Gasteiger partial charge in [-0.25, -0.2) is 4.79 Å². The largest absolute Gasteiger partial charge is 0.495 e. The summed E-state index contributed by atoms with van der Waals surface area (Å²) in [6.07, 6.45) is 0. The zero-order valence-electron chi connectivity index (χ0n) is 19.8. The number of carbonyl (C=O) groups is 4. The Morgan fingerprint density at radius 1 is 0.889 bits per heavy atom. The number of benzene rings is 3. The predicted octanol–water partition coefficient (Wildman–Crippen LogP) is 3.69. The number of methoxy groups -OCH3 is 1. The fourth-order valence-corrected chi connectivity index (χ4v) is 3.82.